The summed E-state index contributed by atoms with van der Waals surface area (Å²) in [5, 5.41) is 5.51. The highest BCUT2D eigenvalue weighted by Crippen LogP contribution is 2.31. The average molecular weight is 414 g/mol. The number of fused-ring (bicyclic) bond motifs is 1. The number of carbonyl (C=O) groups excluding carboxylic acids is 1. The molecule has 0 bridgehead atoms. The number of nitrogens with one attached hydrogen (secondary N) is 1. The summed E-state index contributed by atoms with van der Waals surface area (Å²) in [5.41, 5.74) is 4.30. The summed E-state index contributed by atoms with van der Waals surface area (Å²) >= 11 is 4.60. The summed E-state index contributed by atoms with van der Waals surface area (Å²) in [6.07, 6.45) is 0. The Morgan fingerprint density at radius 1 is 1.26 bits per heavy atom. The predicted molar refractivity (Wildman–Crippen MR) is 112 cm³/mol. The third kappa shape index (κ3) is 4.13. The fraction of sp³-hybridized carbons (Fsp3) is 0.105. The maximum Gasteiger partial charge on any atom is 0.258 e. The van der Waals surface area contributed by atoms with E-state index in [-0.39, 0.29) is 5.91 Å². The van der Waals surface area contributed by atoms with Crippen LogP contribution in [0, 0.1) is 0 Å². The van der Waals surface area contributed by atoms with Crippen LogP contribution in [-0.4, -0.2) is 23.0 Å². The minimum absolute atomic E-state index is 0.164. The Morgan fingerprint density at radius 3 is 2.96 bits per heavy atom. The van der Waals surface area contributed by atoms with Crippen LogP contribution in [0.2, 0.25) is 0 Å². The summed E-state index contributed by atoms with van der Waals surface area (Å²) in [6.45, 7) is 0. The van der Waals surface area contributed by atoms with Gasteiger partial charge in [0.05, 0.1) is 34.1 Å². The number of ether oxygens (including phenoxy) is 1. The highest BCUT2D eigenvalue weighted by Gasteiger charge is 2.14. The highest BCUT2D eigenvalue weighted by atomic mass is 32.2. The largest absolute Gasteiger partial charge is 0.497 e. The molecule has 136 valence electrons. The lowest BCUT2D eigenvalue weighted by molar-refractivity contribution is 0.102. The summed E-state index contributed by atoms with van der Waals surface area (Å²) in [6, 6.07) is 13.2. The minimum atomic E-state index is -0.164. The molecule has 0 saturated heterocycles. The van der Waals surface area contributed by atoms with Crippen LogP contribution in [0.3, 0.4) is 0 Å². The number of benzene rings is 2. The molecule has 0 fully saturated rings. The van der Waals surface area contributed by atoms with Gasteiger partial charge >= 0.3 is 0 Å². The number of aromatic nitrogens is 2. The number of hydrogen-bond donors (Lipinski definition) is 1. The fourth-order valence-electron chi connectivity index (χ4n) is 2.49. The third-order valence-electron chi connectivity index (χ3n) is 3.81. The minimum Gasteiger partial charge on any atom is -0.497 e. The van der Waals surface area contributed by atoms with Crippen molar-refractivity contribution in [3.05, 3.63) is 64.6 Å². The lowest BCUT2D eigenvalue weighted by Gasteiger charge is -2.07. The zero-order valence-corrected chi connectivity index (χ0v) is 16.8. The normalized spacial score (nSPS) is 10.9. The van der Waals surface area contributed by atoms with Crippen molar-refractivity contribution >= 4 is 55.7 Å². The summed E-state index contributed by atoms with van der Waals surface area (Å²) in [5.74, 6) is 1.34. The molecule has 4 aromatic rings. The van der Waals surface area contributed by atoms with Gasteiger partial charge in [0, 0.05) is 16.0 Å². The number of rotatable bonds is 6. The highest BCUT2D eigenvalue weighted by molar-refractivity contribution is 7.98. The van der Waals surface area contributed by atoms with Crippen molar-refractivity contribution in [2.75, 3.05) is 12.4 Å². The average Bonchev–Trinajstić information content (AvgIpc) is 3.35. The Kier molecular flexibility index (Phi) is 5.38. The van der Waals surface area contributed by atoms with Crippen molar-refractivity contribution in [3.8, 4) is 5.75 Å². The van der Waals surface area contributed by atoms with Crippen LogP contribution < -0.4 is 10.1 Å². The number of thiazole rings is 2. The van der Waals surface area contributed by atoms with Crippen molar-refractivity contribution in [1.29, 1.82) is 0 Å². The van der Waals surface area contributed by atoms with Gasteiger partial charge in [-0.3, -0.25) is 10.1 Å². The SMILES string of the molecule is COc1ccc2nc(NC(=O)c3ccccc3SCc3cscn3)sc2c1. The molecule has 27 heavy (non-hydrogen) atoms. The van der Waals surface area contributed by atoms with Gasteiger partial charge in [-0.25, -0.2) is 9.97 Å². The Labute approximate surface area is 168 Å². The predicted octanol–water partition coefficient (Wildman–Crippen LogP) is 5.31. The molecular weight excluding hydrogens is 398 g/mol. The molecule has 1 N–H and O–H groups in total. The molecule has 1 amide bonds. The first-order chi connectivity index (χ1) is 13.2. The van der Waals surface area contributed by atoms with Gasteiger partial charge in [0.2, 0.25) is 0 Å². The van der Waals surface area contributed by atoms with Crippen LogP contribution in [0.4, 0.5) is 5.13 Å². The number of thioether (sulfide) groups is 1. The van der Waals surface area contributed by atoms with Crippen LogP contribution in [0.25, 0.3) is 10.2 Å². The first-order valence-corrected chi connectivity index (χ1v) is 10.8. The van der Waals surface area contributed by atoms with Gasteiger partial charge in [-0.15, -0.1) is 23.1 Å². The smallest absolute Gasteiger partial charge is 0.258 e. The molecule has 0 unspecified atom stereocenters. The summed E-state index contributed by atoms with van der Waals surface area (Å²) in [4.78, 5) is 22.5. The van der Waals surface area contributed by atoms with Crippen LogP contribution >= 0.6 is 34.4 Å². The van der Waals surface area contributed by atoms with E-state index in [1.165, 1.54) is 11.3 Å². The van der Waals surface area contributed by atoms with Gasteiger partial charge in [0.15, 0.2) is 5.13 Å². The van der Waals surface area contributed by atoms with Crippen molar-refractivity contribution < 1.29 is 9.53 Å². The summed E-state index contributed by atoms with van der Waals surface area (Å²) < 4.78 is 6.21. The first kappa shape index (κ1) is 18.0. The van der Waals surface area contributed by atoms with E-state index in [9.17, 15) is 4.79 Å². The van der Waals surface area contributed by atoms with E-state index in [0.29, 0.717) is 10.7 Å². The van der Waals surface area contributed by atoms with E-state index in [0.717, 1.165) is 32.3 Å². The summed E-state index contributed by atoms with van der Waals surface area (Å²) in [7, 11) is 1.63. The van der Waals surface area contributed by atoms with Crippen LogP contribution in [0.5, 0.6) is 5.75 Å². The van der Waals surface area contributed by atoms with Gasteiger partial charge < -0.3 is 4.74 Å². The molecule has 0 spiro atoms. The molecule has 0 saturated carbocycles. The number of methoxy groups -OCH3 is 1. The van der Waals surface area contributed by atoms with Crippen LogP contribution in [0.1, 0.15) is 16.1 Å². The van der Waals surface area contributed by atoms with Crippen molar-refractivity contribution in [2.24, 2.45) is 0 Å². The second kappa shape index (κ2) is 8.08. The molecule has 2 aromatic carbocycles. The molecule has 5 nitrogen and oxygen atoms in total. The number of carbonyl (C=O) groups is 1. The van der Waals surface area contributed by atoms with E-state index >= 15 is 0 Å². The molecule has 0 aliphatic heterocycles. The fourth-order valence-corrected chi connectivity index (χ4v) is 5.00. The topological polar surface area (TPSA) is 64.1 Å². The lowest BCUT2D eigenvalue weighted by Crippen LogP contribution is -2.12. The molecule has 2 heterocycles. The van der Waals surface area contributed by atoms with E-state index in [2.05, 4.69) is 15.3 Å². The number of amides is 1. The zero-order chi connectivity index (χ0) is 18.6. The number of nitrogens with zero attached hydrogens (tertiary/aromatic N) is 2. The quantitative estimate of drug-likeness (QED) is 0.434. The molecule has 0 aliphatic rings. The first-order valence-electron chi connectivity index (χ1n) is 8.08. The Hall–Kier alpha value is -2.42. The van der Waals surface area contributed by atoms with Crippen LogP contribution in [-0.2, 0) is 5.75 Å². The van der Waals surface area contributed by atoms with E-state index < -0.39 is 0 Å². The van der Waals surface area contributed by atoms with Crippen molar-refractivity contribution in [1.82, 2.24) is 9.97 Å². The lowest BCUT2D eigenvalue weighted by atomic mass is 10.2. The molecule has 4 rings (SSSR count). The van der Waals surface area contributed by atoms with Crippen molar-refractivity contribution in [2.45, 2.75) is 10.6 Å². The number of hydrogen-bond acceptors (Lipinski definition) is 7. The Morgan fingerprint density at radius 2 is 2.15 bits per heavy atom. The van der Waals surface area contributed by atoms with Crippen LogP contribution in [0.15, 0.2) is 58.3 Å². The molecule has 0 aliphatic carbocycles. The van der Waals surface area contributed by atoms with E-state index in [1.54, 1.807) is 30.2 Å². The second-order valence-corrected chi connectivity index (χ2v) is 8.34. The number of anilines is 1. The third-order valence-corrected chi connectivity index (χ3v) is 6.48. The van der Waals surface area contributed by atoms with Gasteiger partial charge in [-0.05, 0) is 30.3 Å². The van der Waals surface area contributed by atoms with E-state index in [1.807, 2.05) is 53.4 Å². The molecule has 8 heteroatoms. The maximum absolute atomic E-state index is 12.8. The van der Waals surface area contributed by atoms with Gasteiger partial charge in [-0.2, -0.15) is 0 Å². The monoisotopic (exact) mass is 413 g/mol. The van der Waals surface area contributed by atoms with E-state index in [4.69, 9.17) is 4.74 Å². The molecule has 0 radical (unpaired) electrons. The van der Waals surface area contributed by atoms with Gasteiger partial charge in [-0.1, -0.05) is 23.5 Å². The molecular formula is C19H15N3O2S3. The second-order valence-electron chi connectivity index (χ2n) is 5.57. The van der Waals surface area contributed by atoms with Gasteiger partial charge in [0.25, 0.3) is 5.91 Å². The van der Waals surface area contributed by atoms with Crippen molar-refractivity contribution in [3.63, 3.8) is 0 Å². The maximum atomic E-state index is 12.8. The standard InChI is InChI=1S/C19H15N3O2S3/c1-24-13-6-7-15-17(8-13)27-19(21-15)22-18(23)14-4-2-3-5-16(14)26-10-12-9-25-11-20-12/h2-9,11H,10H2,1H3,(H,21,22,23). The van der Waals surface area contributed by atoms with Gasteiger partial charge in [0.1, 0.15) is 5.75 Å². The Balaban J connectivity index is 1.52. The molecule has 2 aromatic heterocycles. The zero-order valence-electron chi connectivity index (χ0n) is 14.3. The molecule has 0 atom stereocenters. The Bertz CT molecular complexity index is 1080.